The lowest BCUT2D eigenvalue weighted by Crippen LogP contribution is -2.39. The van der Waals surface area contributed by atoms with Gasteiger partial charge < -0.3 is 14.7 Å². The summed E-state index contributed by atoms with van der Waals surface area (Å²) in [4.78, 5) is 24.7. The highest BCUT2D eigenvalue weighted by molar-refractivity contribution is 5.79. The maximum Gasteiger partial charge on any atom is 0.305 e. The predicted octanol–water partition coefficient (Wildman–Crippen LogP) is 0.881. The first kappa shape index (κ1) is 15.3. The number of likely N-dealkylation sites (tertiary alicyclic amines) is 1. The molecule has 21 heavy (non-hydrogen) atoms. The lowest BCUT2D eigenvalue weighted by Gasteiger charge is -2.23. The lowest BCUT2D eigenvalue weighted by molar-refractivity contribution is -0.140. The standard InChI is InChI=1S/C14H21N3O4/c1-9-14(10(2)16(3)15-9)21-8-12(18)17-6-4-5-11(17)7-13(19)20/h11H,4-8H2,1-3H3,(H,19,20)/t11-/m0/s1. The molecular formula is C14H21N3O4. The molecule has 2 heterocycles. The number of carboxylic acids is 1. The summed E-state index contributed by atoms with van der Waals surface area (Å²) in [6, 6.07) is -0.213. The van der Waals surface area contributed by atoms with E-state index in [1.807, 2.05) is 20.9 Å². The van der Waals surface area contributed by atoms with E-state index in [1.54, 1.807) is 9.58 Å². The van der Waals surface area contributed by atoms with E-state index in [2.05, 4.69) is 5.10 Å². The minimum Gasteiger partial charge on any atom is -0.481 e. The van der Waals surface area contributed by atoms with Gasteiger partial charge in [0.15, 0.2) is 12.4 Å². The number of nitrogens with zero attached hydrogens (tertiary/aromatic N) is 3. The number of rotatable bonds is 5. The minimum absolute atomic E-state index is 0.00329. The molecule has 116 valence electrons. The Balaban J connectivity index is 1.96. The average molecular weight is 295 g/mol. The van der Waals surface area contributed by atoms with Crippen LogP contribution in [0.2, 0.25) is 0 Å². The second-order valence-electron chi connectivity index (χ2n) is 5.39. The number of aryl methyl sites for hydroxylation is 2. The van der Waals surface area contributed by atoms with Crippen LogP contribution < -0.4 is 4.74 Å². The molecule has 0 aromatic carbocycles. The maximum absolute atomic E-state index is 12.2. The quantitative estimate of drug-likeness (QED) is 0.871. The van der Waals surface area contributed by atoms with E-state index < -0.39 is 5.97 Å². The minimum atomic E-state index is -0.875. The third-order valence-corrected chi connectivity index (χ3v) is 3.89. The highest BCUT2D eigenvalue weighted by Crippen LogP contribution is 2.23. The zero-order valence-electron chi connectivity index (χ0n) is 12.6. The SMILES string of the molecule is Cc1nn(C)c(C)c1OCC(=O)N1CCC[C@H]1CC(=O)O. The van der Waals surface area contributed by atoms with Crippen LogP contribution in [0.15, 0.2) is 0 Å². The molecule has 0 spiro atoms. The van der Waals surface area contributed by atoms with Gasteiger partial charge in [-0.25, -0.2) is 0 Å². The summed E-state index contributed by atoms with van der Waals surface area (Å²) in [5, 5.41) is 13.1. The molecule has 1 aromatic rings. The summed E-state index contributed by atoms with van der Waals surface area (Å²) in [6.07, 6.45) is 1.58. The van der Waals surface area contributed by atoms with Crippen LogP contribution in [0.3, 0.4) is 0 Å². The molecule has 0 unspecified atom stereocenters. The van der Waals surface area contributed by atoms with Crippen LogP contribution in [0.5, 0.6) is 5.75 Å². The van der Waals surface area contributed by atoms with E-state index in [-0.39, 0.29) is 25.0 Å². The van der Waals surface area contributed by atoms with E-state index in [0.717, 1.165) is 24.2 Å². The number of ether oxygens (including phenoxy) is 1. The summed E-state index contributed by atoms with van der Waals surface area (Å²) in [7, 11) is 1.82. The fraction of sp³-hybridized carbons (Fsp3) is 0.643. The molecule has 1 saturated heterocycles. The molecule has 1 amide bonds. The molecule has 1 atom stereocenters. The van der Waals surface area contributed by atoms with Crippen molar-refractivity contribution < 1.29 is 19.4 Å². The molecular weight excluding hydrogens is 274 g/mol. The number of carbonyl (C=O) groups is 2. The second kappa shape index (κ2) is 6.15. The van der Waals surface area contributed by atoms with Crippen molar-refractivity contribution >= 4 is 11.9 Å². The van der Waals surface area contributed by atoms with Crippen molar-refractivity contribution in [3.05, 3.63) is 11.4 Å². The monoisotopic (exact) mass is 295 g/mol. The molecule has 2 rings (SSSR count). The molecule has 1 fully saturated rings. The van der Waals surface area contributed by atoms with Crippen LogP contribution in [0.4, 0.5) is 0 Å². The van der Waals surface area contributed by atoms with Crippen LogP contribution in [-0.2, 0) is 16.6 Å². The van der Waals surface area contributed by atoms with Gasteiger partial charge in [-0.3, -0.25) is 14.3 Å². The van der Waals surface area contributed by atoms with Gasteiger partial charge in [-0.1, -0.05) is 0 Å². The van der Waals surface area contributed by atoms with Crippen LogP contribution in [0, 0.1) is 13.8 Å². The van der Waals surface area contributed by atoms with Crippen molar-refractivity contribution in [1.82, 2.24) is 14.7 Å². The predicted molar refractivity (Wildman–Crippen MR) is 75.2 cm³/mol. The number of amides is 1. The normalized spacial score (nSPS) is 18.0. The molecule has 7 heteroatoms. The lowest BCUT2D eigenvalue weighted by atomic mass is 10.1. The van der Waals surface area contributed by atoms with E-state index in [4.69, 9.17) is 9.84 Å². The molecule has 0 aliphatic carbocycles. The van der Waals surface area contributed by atoms with Gasteiger partial charge in [0.1, 0.15) is 5.69 Å². The first-order valence-corrected chi connectivity index (χ1v) is 7.04. The first-order chi connectivity index (χ1) is 9.90. The van der Waals surface area contributed by atoms with Crippen molar-refractivity contribution in [2.45, 2.75) is 39.2 Å². The van der Waals surface area contributed by atoms with Crippen LogP contribution in [0.25, 0.3) is 0 Å². The average Bonchev–Trinajstić information content (AvgIpc) is 2.93. The Kier molecular flexibility index (Phi) is 4.50. The summed E-state index contributed by atoms with van der Waals surface area (Å²) in [5.41, 5.74) is 1.61. The maximum atomic E-state index is 12.2. The summed E-state index contributed by atoms with van der Waals surface area (Å²) in [6.45, 7) is 4.23. The van der Waals surface area contributed by atoms with Gasteiger partial charge in [-0.2, -0.15) is 5.10 Å². The fourth-order valence-electron chi connectivity index (χ4n) is 2.76. The second-order valence-corrected chi connectivity index (χ2v) is 5.39. The third-order valence-electron chi connectivity index (χ3n) is 3.89. The number of hydrogen-bond donors (Lipinski definition) is 1. The molecule has 1 aliphatic rings. The highest BCUT2D eigenvalue weighted by atomic mass is 16.5. The molecule has 0 radical (unpaired) electrons. The fourth-order valence-corrected chi connectivity index (χ4v) is 2.76. The van der Waals surface area contributed by atoms with Gasteiger partial charge in [-0.05, 0) is 26.7 Å². The van der Waals surface area contributed by atoms with Crippen molar-refractivity contribution in [3.8, 4) is 5.75 Å². The zero-order chi connectivity index (χ0) is 15.6. The van der Waals surface area contributed by atoms with Crippen molar-refractivity contribution in [2.75, 3.05) is 13.2 Å². The zero-order valence-corrected chi connectivity index (χ0v) is 12.6. The van der Waals surface area contributed by atoms with Crippen molar-refractivity contribution in [3.63, 3.8) is 0 Å². The number of aromatic nitrogens is 2. The Hall–Kier alpha value is -2.05. The van der Waals surface area contributed by atoms with Gasteiger partial charge in [0.05, 0.1) is 12.1 Å². The number of hydrogen-bond acceptors (Lipinski definition) is 4. The summed E-state index contributed by atoms with van der Waals surface area (Å²) in [5.74, 6) is -0.416. The smallest absolute Gasteiger partial charge is 0.305 e. The Bertz CT molecular complexity index is 553. The van der Waals surface area contributed by atoms with E-state index in [0.29, 0.717) is 12.3 Å². The largest absolute Gasteiger partial charge is 0.481 e. The van der Waals surface area contributed by atoms with E-state index in [9.17, 15) is 9.59 Å². The Morgan fingerprint density at radius 1 is 1.43 bits per heavy atom. The summed E-state index contributed by atoms with van der Waals surface area (Å²) < 4.78 is 7.30. The molecule has 1 N–H and O–H groups in total. The Morgan fingerprint density at radius 3 is 2.71 bits per heavy atom. The Labute approximate surface area is 123 Å². The van der Waals surface area contributed by atoms with Gasteiger partial charge in [0.2, 0.25) is 0 Å². The molecule has 0 saturated carbocycles. The van der Waals surface area contributed by atoms with Gasteiger partial charge in [-0.15, -0.1) is 0 Å². The summed E-state index contributed by atoms with van der Waals surface area (Å²) >= 11 is 0. The topological polar surface area (TPSA) is 84.7 Å². The number of aliphatic carboxylic acids is 1. The van der Waals surface area contributed by atoms with Gasteiger partial charge in [0, 0.05) is 19.6 Å². The third kappa shape index (κ3) is 3.34. The van der Waals surface area contributed by atoms with Crippen molar-refractivity contribution in [1.29, 1.82) is 0 Å². The van der Waals surface area contributed by atoms with Crippen LogP contribution in [-0.4, -0.2) is 50.9 Å². The molecule has 7 nitrogen and oxygen atoms in total. The van der Waals surface area contributed by atoms with Crippen molar-refractivity contribution in [2.24, 2.45) is 7.05 Å². The molecule has 1 aliphatic heterocycles. The first-order valence-electron chi connectivity index (χ1n) is 7.04. The van der Waals surface area contributed by atoms with Gasteiger partial charge in [0.25, 0.3) is 5.91 Å². The van der Waals surface area contributed by atoms with Crippen LogP contribution in [0.1, 0.15) is 30.7 Å². The Morgan fingerprint density at radius 2 is 2.14 bits per heavy atom. The molecule has 0 bridgehead atoms. The number of carbonyl (C=O) groups excluding carboxylic acids is 1. The molecule has 1 aromatic heterocycles. The number of carboxylic acid groups (broad SMARTS) is 1. The highest BCUT2D eigenvalue weighted by Gasteiger charge is 2.30. The van der Waals surface area contributed by atoms with Gasteiger partial charge >= 0.3 is 5.97 Å². The van der Waals surface area contributed by atoms with E-state index >= 15 is 0 Å². The van der Waals surface area contributed by atoms with E-state index in [1.165, 1.54) is 0 Å². The van der Waals surface area contributed by atoms with Crippen LogP contribution >= 0.6 is 0 Å².